The van der Waals surface area contributed by atoms with Gasteiger partial charge in [0.15, 0.2) is 0 Å². The molecule has 0 bridgehead atoms. The Labute approximate surface area is 190 Å². The second-order valence-electron chi connectivity index (χ2n) is 12.3. The molecule has 0 heterocycles. The Morgan fingerprint density at radius 1 is 0.467 bits per heavy atom. The van der Waals surface area contributed by atoms with Gasteiger partial charge in [-0.15, -0.1) is 0 Å². The van der Waals surface area contributed by atoms with Gasteiger partial charge in [-0.05, 0) is 24.3 Å². The van der Waals surface area contributed by atoms with E-state index >= 15 is 0 Å². The van der Waals surface area contributed by atoms with Crippen molar-refractivity contribution in [3.05, 3.63) is 65.7 Å². The molecule has 162 valence electrons. The molecule has 2 rings (SSSR count). The van der Waals surface area contributed by atoms with Crippen molar-refractivity contribution < 1.29 is 0 Å². The topological polar surface area (TPSA) is 0 Å². The normalized spacial score (nSPS) is 13.6. The largest absolute Gasteiger partial charge is 0.0720 e. The van der Waals surface area contributed by atoms with Crippen molar-refractivity contribution in [1.29, 1.82) is 0 Å². The van der Waals surface area contributed by atoms with Crippen LogP contribution >= 0.6 is 0 Å². The Bertz CT molecular complexity index is 876. The van der Waals surface area contributed by atoms with E-state index in [4.69, 9.17) is 0 Å². The van der Waals surface area contributed by atoms with Crippen molar-refractivity contribution in [3.63, 3.8) is 0 Å². The monoisotopic (exact) mass is 482 g/mol. The van der Waals surface area contributed by atoms with Gasteiger partial charge in [0.25, 0.3) is 0 Å². The molecule has 0 aliphatic heterocycles. The first-order chi connectivity index (χ1) is 13.6. The van der Waals surface area contributed by atoms with E-state index in [9.17, 15) is 0 Å². The predicted molar refractivity (Wildman–Crippen MR) is 152 cm³/mol. The van der Waals surface area contributed by atoms with E-state index in [-0.39, 0.29) is 0 Å². The van der Waals surface area contributed by atoms with Gasteiger partial charge in [-0.2, -0.15) is 0 Å². The lowest BCUT2D eigenvalue weighted by molar-refractivity contribution is 1.63. The number of benzene rings is 2. The summed E-state index contributed by atoms with van der Waals surface area (Å²) < 4.78 is 0. The summed E-state index contributed by atoms with van der Waals surface area (Å²) in [7, 11) is -5.51. The van der Waals surface area contributed by atoms with Gasteiger partial charge in [-0.25, -0.2) is 0 Å². The first-order valence-electron chi connectivity index (χ1n) is 11.2. The fourth-order valence-electron chi connectivity index (χ4n) is 8.04. The third-order valence-corrected chi connectivity index (χ3v) is 122. The third kappa shape index (κ3) is 4.49. The summed E-state index contributed by atoms with van der Waals surface area (Å²) >= 11 is 0. The second kappa shape index (κ2) is 8.55. The minimum absolute atomic E-state index is 1.08. The maximum absolute atomic E-state index is 3.37. The zero-order chi connectivity index (χ0) is 23.0. The Hall–Kier alpha value is -0.916. The van der Waals surface area contributed by atoms with Gasteiger partial charge in [-0.3, -0.25) is 0 Å². The zero-order valence-corrected chi connectivity index (χ0v) is 26.2. The van der Waals surface area contributed by atoms with Crippen LogP contribution in [0.1, 0.15) is 11.1 Å². The SMILES string of the molecule is C[Si](C)(C)[Si]([Si](C)(C)C)([Si](C)(C)C)[Si](C)(C)c1ccc(C#Cc2ccccc2)cc1. The Morgan fingerprint density at radius 3 is 1.20 bits per heavy atom. The van der Waals surface area contributed by atoms with Crippen LogP contribution in [-0.2, 0) is 0 Å². The Morgan fingerprint density at radius 2 is 0.833 bits per heavy atom. The molecule has 2 aromatic rings. The van der Waals surface area contributed by atoms with Gasteiger partial charge in [0.2, 0.25) is 0 Å². The van der Waals surface area contributed by atoms with Crippen molar-refractivity contribution in [3.8, 4) is 11.8 Å². The average molecular weight is 483 g/mol. The zero-order valence-electron chi connectivity index (χ0n) is 21.2. The Kier molecular flexibility index (Phi) is 7.22. The van der Waals surface area contributed by atoms with E-state index in [2.05, 4.69) is 132 Å². The molecule has 0 aliphatic rings. The lowest BCUT2D eigenvalue weighted by Gasteiger charge is -2.64. The summed E-state index contributed by atoms with van der Waals surface area (Å²) in [5.74, 6) is 6.68. The van der Waals surface area contributed by atoms with Gasteiger partial charge in [0, 0.05) is 40.0 Å². The minimum Gasteiger partial charge on any atom is -0.0720 e. The molecule has 0 unspecified atom stereocenters. The van der Waals surface area contributed by atoms with Crippen molar-refractivity contribution in [1.82, 2.24) is 0 Å². The van der Waals surface area contributed by atoms with Gasteiger partial charge in [0.05, 0.1) is 7.59 Å². The van der Waals surface area contributed by atoms with E-state index in [1.807, 2.05) is 6.07 Å². The third-order valence-electron chi connectivity index (χ3n) is 7.04. The van der Waals surface area contributed by atoms with E-state index in [0.717, 1.165) is 11.1 Å². The highest BCUT2D eigenvalue weighted by atomic mass is 30.2. The fourth-order valence-corrected chi connectivity index (χ4v) is 176. The van der Waals surface area contributed by atoms with Crippen LogP contribution in [0.2, 0.25) is 72.0 Å². The molecule has 5 heteroatoms. The van der Waals surface area contributed by atoms with Crippen LogP contribution in [0.5, 0.6) is 0 Å². The van der Waals surface area contributed by atoms with Crippen molar-refractivity contribution in [2.45, 2.75) is 72.0 Å². The first-order valence-corrected chi connectivity index (χ1v) is 30.7. The smallest absolute Gasteiger partial charge is 0.0672 e. The lowest BCUT2D eigenvalue weighted by atomic mass is 10.2. The van der Waals surface area contributed by atoms with Crippen LogP contribution in [-0.4, -0.2) is 36.5 Å². The summed E-state index contributed by atoms with van der Waals surface area (Å²) in [5.41, 5.74) is 2.22. The molecule has 0 saturated carbocycles. The molecule has 0 radical (unpaired) electrons. The highest BCUT2D eigenvalue weighted by molar-refractivity contribution is 8.07. The molecule has 0 N–H and O–H groups in total. The molecule has 0 atom stereocenters. The van der Waals surface area contributed by atoms with Gasteiger partial charge >= 0.3 is 0 Å². The van der Waals surface area contributed by atoms with Crippen LogP contribution in [0.25, 0.3) is 0 Å². The number of rotatable bonds is 5. The minimum atomic E-state index is -1.60. The molecule has 0 amide bonds. The van der Waals surface area contributed by atoms with Crippen LogP contribution in [0.15, 0.2) is 54.6 Å². The Balaban J connectivity index is 2.58. The standard InChI is InChI=1S/C25H42Si5/c1-26(2,3)30(27(4,5)6,28(7,8)9)29(10,11)25-21-19-24(20-22-25)18-17-23-15-13-12-14-16-23/h12-16,19-22H,1-11H3. The lowest BCUT2D eigenvalue weighted by Crippen LogP contribution is -2.94. The van der Waals surface area contributed by atoms with E-state index in [1.54, 1.807) is 5.19 Å². The van der Waals surface area contributed by atoms with Gasteiger partial charge in [-0.1, -0.05) is 119 Å². The van der Waals surface area contributed by atoms with Crippen LogP contribution < -0.4 is 5.19 Å². The summed E-state index contributed by atoms with van der Waals surface area (Å²) in [4.78, 5) is 0. The van der Waals surface area contributed by atoms with Gasteiger partial charge < -0.3 is 0 Å². The molecule has 0 aliphatic carbocycles. The van der Waals surface area contributed by atoms with Crippen molar-refractivity contribution >= 4 is 41.7 Å². The summed E-state index contributed by atoms with van der Waals surface area (Å²) in [6, 6.07) is 19.8. The quantitative estimate of drug-likeness (QED) is 0.325. The number of hydrogen-bond donors (Lipinski definition) is 0. The van der Waals surface area contributed by atoms with Gasteiger partial charge in [0.1, 0.15) is 0 Å². The molecule has 30 heavy (non-hydrogen) atoms. The van der Waals surface area contributed by atoms with Crippen LogP contribution in [0.4, 0.5) is 0 Å². The number of hydrogen-bond acceptors (Lipinski definition) is 0. The molecule has 0 aromatic heterocycles. The summed E-state index contributed by atoms with van der Waals surface area (Å²) in [6.45, 7) is 30.0. The molecule has 0 saturated heterocycles. The first kappa shape index (κ1) is 25.3. The summed E-state index contributed by atoms with van der Waals surface area (Å²) in [6.07, 6.45) is -1.44. The molecular formula is C25H42Si5. The second-order valence-corrected chi connectivity index (χ2v) is 66.4. The maximum Gasteiger partial charge on any atom is 0.0672 e. The molecule has 0 spiro atoms. The van der Waals surface area contributed by atoms with Crippen LogP contribution in [0, 0.1) is 11.8 Å². The predicted octanol–water partition coefficient (Wildman–Crippen LogP) is 6.78. The van der Waals surface area contributed by atoms with E-state index in [1.165, 1.54) is 0 Å². The van der Waals surface area contributed by atoms with Crippen molar-refractivity contribution in [2.75, 3.05) is 0 Å². The highest BCUT2D eigenvalue weighted by Gasteiger charge is 2.69. The summed E-state index contributed by atoms with van der Waals surface area (Å²) in [5, 5.41) is 1.69. The van der Waals surface area contributed by atoms with E-state index in [0.29, 0.717) is 0 Å². The molecule has 0 nitrogen and oxygen atoms in total. The highest BCUT2D eigenvalue weighted by Crippen LogP contribution is 2.43. The van der Waals surface area contributed by atoms with E-state index < -0.39 is 36.5 Å². The van der Waals surface area contributed by atoms with Crippen molar-refractivity contribution in [2.24, 2.45) is 0 Å². The average Bonchev–Trinajstić information content (AvgIpc) is 2.57. The maximum atomic E-state index is 3.37. The molecular weight excluding hydrogens is 441 g/mol. The van der Waals surface area contributed by atoms with Crippen LogP contribution in [0.3, 0.4) is 0 Å². The fraction of sp³-hybridized carbons (Fsp3) is 0.440. The molecule has 0 fully saturated rings. The molecule has 2 aromatic carbocycles.